The van der Waals surface area contributed by atoms with E-state index in [4.69, 9.17) is 4.74 Å². The van der Waals surface area contributed by atoms with E-state index in [2.05, 4.69) is 9.97 Å². The van der Waals surface area contributed by atoms with Crippen molar-refractivity contribution in [2.45, 2.75) is 19.4 Å². The molecule has 3 aromatic rings. The normalized spacial score (nSPS) is 12.0. The first-order valence-corrected chi connectivity index (χ1v) is 6.68. The van der Waals surface area contributed by atoms with Crippen LogP contribution in [0.25, 0.3) is 11.0 Å². The van der Waals surface area contributed by atoms with Gasteiger partial charge < -0.3 is 9.72 Å². The van der Waals surface area contributed by atoms with Crippen LogP contribution in [0.5, 0.6) is 0 Å². The van der Waals surface area contributed by atoms with Crippen LogP contribution < -0.4 is 0 Å². The molecule has 1 aromatic carbocycles. The maximum Gasteiger partial charge on any atom is 0.416 e. The van der Waals surface area contributed by atoms with Gasteiger partial charge in [-0.05, 0) is 35.4 Å². The van der Waals surface area contributed by atoms with Gasteiger partial charge in [0.25, 0.3) is 0 Å². The zero-order valence-electron chi connectivity index (χ0n) is 11.5. The van der Waals surface area contributed by atoms with Gasteiger partial charge in [-0.15, -0.1) is 0 Å². The molecule has 3 nitrogen and oxygen atoms in total. The van der Waals surface area contributed by atoms with Crippen LogP contribution >= 0.6 is 0 Å². The average molecular weight is 306 g/mol. The van der Waals surface area contributed by atoms with Crippen molar-refractivity contribution in [3.63, 3.8) is 0 Å². The molecule has 0 aliphatic heterocycles. The predicted octanol–water partition coefficient (Wildman–Crippen LogP) is 4.30. The second kappa shape index (κ2) is 5.81. The minimum absolute atomic E-state index is 0.253. The molecule has 3 rings (SSSR count). The van der Waals surface area contributed by atoms with Crippen molar-refractivity contribution < 1.29 is 17.9 Å². The SMILES string of the molecule is FC(F)(F)c1ccc(COCc2cnc3[nH]ccc3c2)cc1. The third-order valence-corrected chi connectivity index (χ3v) is 3.28. The summed E-state index contributed by atoms with van der Waals surface area (Å²) in [5.74, 6) is 0. The summed E-state index contributed by atoms with van der Waals surface area (Å²) in [6.07, 6.45) is -0.785. The minimum Gasteiger partial charge on any atom is -0.372 e. The number of halogens is 3. The Labute approximate surface area is 124 Å². The molecule has 0 aliphatic rings. The Hall–Kier alpha value is -2.34. The summed E-state index contributed by atoms with van der Waals surface area (Å²) in [5, 5.41) is 0.996. The van der Waals surface area contributed by atoms with Gasteiger partial charge >= 0.3 is 6.18 Å². The van der Waals surface area contributed by atoms with E-state index in [0.717, 1.165) is 28.7 Å². The van der Waals surface area contributed by atoms with Gasteiger partial charge in [0.1, 0.15) is 5.65 Å². The van der Waals surface area contributed by atoms with Crippen molar-refractivity contribution in [1.29, 1.82) is 0 Å². The summed E-state index contributed by atoms with van der Waals surface area (Å²) in [6.45, 7) is 0.610. The monoisotopic (exact) mass is 306 g/mol. The zero-order valence-corrected chi connectivity index (χ0v) is 11.5. The number of rotatable bonds is 4. The van der Waals surface area contributed by atoms with Gasteiger partial charge in [0, 0.05) is 17.8 Å². The number of pyridine rings is 1. The molecule has 0 atom stereocenters. The molecule has 0 radical (unpaired) electrons. The molecule has 0 bridgehead atoms. The van der Waals surface area contributed by atoms with Crippen LogP contribution in [-0.2, 0) is 24.1 Å². The molecule has 0 saturated carbocycles. The molecular weight excluding hydrogens is 293 g/mol. The summed E-state index contributed by atoms with van der Waals surface area (Å²) in [5.41, 5.74) is 1.77. The van der Waals surface area contributed by atoms with E-state index in [1.807, 2.05) is 18.3 Å². The number of hydrogen-bond acceptors (Lipinski definition) is 2. The number of nitrogens with one attached hydrogen (secondary N) is 1. The van der Waals surface area contributed by atoms with Crippen LogP contribution in [-0.4, -0.2) is 9.97 Å². The molecule has 0 saturated heterocycles. The molecule has 2 aromatic heterocycles. The van der Waals surface area contributed by atoms with E-state index >= 15 is 0 Å². The van der Waals surface area contributed by atoms with Gasteiger partial charge in [0.2, 0.25) is 0 Å². The fourth-order valence-corrected chi connectivity index (χ4v) is 2.14. The van der Waals surface area contributed by atoms with E-state index < -0.39 is 11.7 Å². The summed E-state index contributed by atoms with van der Waals surface area (Å²) in [7, 11) is 0. The quantitative estimate of drug-likeness (QED) is 0.780. The summed E-state index contributed by atoms with van der Waals surface area (Å²) in [4.78, 5) is 7.25. The lowest BCUT2D eigenvalue weighted by Crippen LogP contribution is -2.04. The lowest BCUT2D eigenvalue weighted by molar-refractivity contribution is -0.137. The van der Waals surface area contributed by atoms with Crippen LogP contribution in [0, 0.1) is 0 Å². The van der Waals surface area contributed by atoms with Crippen LogP contribution in [0.3, 0.4) is 0 Å². The van der Waals surface area contributed by atoms with Gasteiger partial charge in [-0.25, -0.2) is 4.98 Å². The summed E-state index contributed by atoms with van der Waals surface area (Å²) < 4.78 is 42.9. The Bertz CT molecular complexity index is 763. The summed E-state index contributed by atoms with van der Waals surface area (Å²) >= 11 is 0. The minimum atomic E-state index is -4.31. The number of nitrogens with zero attached hydrogens (tertiary/aromatic N) is 1. The number of benzene rings is 1. The number of alkyl halides is 3. The highest BCUT2D eigenvalue weighted by Gasteiger charge is 2.29. The number of aromatic nitrogens is 2. The van der Waals surface area contributed by atoms with Gasteiger partial charge in [-0.2, -0.15) is 13.2 Å². The molecule has 6 heteroatoms. The predicted molar refractivity (Wildman–Crippen MR) is 76.0 cm³/mol. The first kappa shape index (κ1) is 14.6. The molecule has 1 N–H and O–H groups in total. The molecule has 2 heterocycles. The highest BCUT2D eigenvalue weighted by atomic mass is 19.4. The number of aromatic amines is 1. The number of H-pyrrole nitrogens is 1. The Morgan fingerprint density at radius 2 is 1.73 bits per heavy atom. The number of fused-ring (bicyclic) bond motifs is 1. The molecule has 0 unspecified atom stereocenters. The van der Waals surface area contributed by atoms with E-state index in [0.29, 0.717) is 12.2 Å². The second-order valence-corrected chi connectivity index (χ2v) is 4.95. The Morgan fingerprint density at radius 1 is 1.00 bits per heavy atom. The lowest BCUT2D eigenvalue weighted by Gasteiger charge is -2.08. The van der Waals surface area contributed by atoms with E-state index in [1.165, 1.54) is 12.1 Å². The van der Waals surface area contributed by atoms with Crippen molar-refractivity contribution in [2.24, 2.45) is 0 Å². The molecule has 22 heavy (non-hydrogen) atoms. The molecular formula is C16H13F3N2O. The smallest absolute Gasteiger partial charge is 0.372 e. The van der Waals surface area contributed by atoms with Crippen molar-refractivity contribution in [3.8, 4) is 0 Å². The Kier molecular flexibility index (Phi) is 3.85. The summed E-state index contributed by atoms with van der Waals surface area (Å²) in [6, 6.07) is 8.86. The largest absolute Gasteiger partial charge is 0.416 e. The van der Waals surface area contributed by atoms with Crippen LogP contribution in [0.4, 0.5) is 13.2 Å². The number of hydrogen-bond donors (Lipinski definition) is 1. The van der Waals surface area contributed by atoms with Gasteiger partial charge in [-0.3, -0.25) is 0 Å². The Morgan fingerprint density at radius 3 is 2.45 bits per heavy atom. The highest BCUT2D eigenvalue weighted by molar-refractivity contribution is 5.75. The van der Waals surface area contributed by atoms with Crippen molar-refractivity contribution >= 4 is 11.0 Å². The first-order chi connectivity index (χ1) is 10.5. The molecule has 0 aliphatic carbocycles. The second-order valence-electron chi connectivity index (χ2n) is 4.95. The molecule has 0 fully saturated rings. The van der Waals surface area contributed by atoms with Crippen LogP contribution in [0.1, 0.15) is 16.7 Å². The fraction of sp³-hybridized carbons (Fsp3) is 0.188. The fourth-order valence-electron chi connectivity index (χ4n) is 2.14. The maximum atomic E-state index is 12.5. The van der Waals surface area contributed by atoms with Crippen LogP contribution in [0.2, 0.25) is 0 Å². The first-order valence-electron chi connectivity index (χ1n) is 6.68. The van der Waals surface area contributed by atoms with E-state index in [9.17, 15) is 13.2 Å². The van der Waals surface area contributed by atoms with E-state index in [1.54, 1.807) is 6.20 Å². The maximum absolute atomic E-state index is 12.5. The zero-order chi connectivity index (χ0) is 15.6. The molecule has 0 spiro atoms. The van der Waals surface area contributed by atoms with Crippen molar-refractivity contribution in [3.05, 3.63) is 65.5 Å². The van der Waals surface area contributed by atoms with Gasteiger partial charge in [-0.1, -0.05) is 12.1 Å². The van der Waals surface area contributed by atoms with Crippen molar-refractivity contribution in [1.82, 2.24) is 9.97 Å². The molecule has 114 valence electrons. The highest BCUT2D eigenvalue weighted by Crippen LogP contribution is 2.29. The lowest BCUT2D eigenvalue weighted by atomic mass is 10.1. The van der Waals surface area contributed by atoms with E-state index in [-0.39, 0.29) is 6.61 Å². The third-order valence-electron chi connectivity index (χ3n) is 3.28. The topological polar surface area (TPSA) is 37.9 Å². The standard InChI is InChI=1S/C16H13F3N2O/c17-16(18,19)14-3-1-11(2-4-14)9-22-10-12-7-13-5-6-20-15(13)21-8-12/h1-8H,9-10H2,(H,20,21). The van der Waals surface area contributed by atoms with Gasteiger partial charge in [0.05, 0.1) is 18.8 Å². The number of ether oxygens (including phenoxy) is 1. The Balaban J connectivity index is 1.58. The van der Waals surface area contributed by atoms with Gasteiger partial charge in [0.15, 0.2) is 0 Å². The molecule has 0 amide bonds. The van der Waals surface area contributed by atoms with Crippen LogP contribution in [0.15, 0.2) is 48.8 Å². The average Bonchev–Trinajstić information content (AvgIpc) is 2.94. The third kappa shape index (κ3) is 3.28. The van der Waals surface area contributed by atoms with Crippen molar-refractivity contribution in [2.75, 3.05) is 0 Å².